The number of pyridine rings is 1. The summed E-state index contributed by atoms with van der Waals surface area (Å²) in [5, 5.41) is 5.10. The zero-order valence-electron chi connectivity index (χ0n) is 13.5. The fraction of sp³-hybridized carbons (Fsp3) is 0.438. The van der Waals surface area contributed by atoms with Crippen LogP contribution in [0.2, 0.25) is 0 Å². The van der Waals surface area contributed by atoms with Crippen molar-refractivity contribution in [3.63, 3.8) is 0 Å². The van der Waals surface area contributed by atoms with Crippen molar-refractivity contribution in [2.24, 2.45) is 0 Å². The Morgan fingerprint density at radius 3 is 2.33 bits per heavy atom. The molecule has 0 fully saturated rings. The van der Waals surface area contributed by atoms with E-state index in [-0.39, 0.29) is 0 Å². The van der Waals surface area contributed by atoms with Crippen molar-refractivity contribution in [3.8, 4) is 0 Å². The molecule has 0 atom stereocenters. The van der Waals surface area contributed by atoms with Crippen molar-refractivity contribution in [3.05, 3.63) is 34.8 Å². The molecule has 0 aliphatic carbocycles. The van der Waals surface area contributed by atoms with Crippen LogP contribution in [0.25, 0.3) is 0 Å². The van der Waals surface area contributed by atoms with Gasteiger partial charge < -0.3 is 5.32 Å². The van der Waals surface area contributed by atoms with Crippen molar-refractivity contribution in [1.29, 1.82) is 0 Å². The van der Waals surface area contributed by atoms with Crippen LogP contribution in [0.1, 0.15) is 42.4 Å². The topological polar surface area (TPSA) is 50.7 Å². The van der Waals surface area contributed by atoms with Crippen LogP contribution in [-0.2, 0) is 0 Å². The highest BCUT2D eigenvalue weighted by Gasteiger charge is 2.14. The third-order valence-electron chi connectivity index (χ3n) is 3.15. The molecular weight excluding hydrogens is 280 g/mol. The molecule has 112 valence electrons. The highest BCUT2D eigenvalue weighted by molar-refractivity contribution is 7.99. The molecule has 2 rings (SSSR count). The number of anilines is 1. The lowest BCUT2D eigenvalue weighted by Crippen LogP contribution is -2.06. The van der Waals surface area contributed by atoms with Crippen LogP contribution < -0.4 is 5.32 Å². The Labute approximate surface area is 130 Å². The maximum atomic E-state index is 4.71. The van der Waals surface area contributed by atoms with E-state index in [2.05, 4.69) is 48.2 Å². The highest BCUT2D eigenvalue weighted by Crippen LogP contribution is 2.31. The van der Waals surface area contributed by atoms with E-state index in [0.717, 1.165) is 33.0 Å². The second-order valence-corrected chi connectivity index (χ2v) is 6.50. The maximum Gasteiger partial charge on any atom is 0.134 e. The van der Waals surface area contributed by atoms with E-state index in [1.54, 1.807) is 11.8 Å². The molecule has 5 heteroatoms. The second kappa shape index (κ2) is 6.43. The molecule has 0 saturated carbocycles. The van der Waals surface area contributed by atoms with Gasteiger partial charge in [0.25, 0.3) is 0 Å². The van der Waals surface area contributed by atoms with Gasteiger partial charge in [-0.05, 0) is 50.2 Å². The molecule has 1 N–H and O–H groups in total. The van der Waals surface area contributed by atoms with E-state index in [9.17, 15) is 0 Å². The van der Waals surface area contributed by atoms with Crippen molar-refractivity contribution in [1.82, 2.24) is 15.0 Å². The Morgan fingerprint density at radius 1 is 1.05 bits per heavy atom. The largest absolute Gasteiger partial charge is 0.373 e. The van der Waals surface area contributed by atoms with Crippen molar-refractivity contribution in [2.75, 3.05) is 12.4 Å². The highest BCUT2D eigenvalue weighted by atomic mass is 32.2. The number of aryl methyl sites for hydroxylation is 2. The summed E-state index contributed by atoms with van der Waals surface area (Å²) in [6.07, 6.45) is 0. The first-order chi connectivity index (χ1) is 9.90. The first kappa shape index (κ1) is 15.8. The summed E-state index contributed by atoms with van der Waals surface area (Å²) >= 11 is 1.60. The lowest BCUT2D eigenvalue weighted by molar-refractivity contribution is 0.749. The van der Waals surface area contributed by atoms with E-state index in [4.69, 9.17) is 4.98 Å². The van der Waals surface area contributed by atoms with E-state index in [1.807, 2.05) is 20.9 Å². The summed E-state index contributed by atoms with van der Waals surface area (Å²) < 4.78 is 0. The smallest absolute Gasteiger partial charge is 0.134 e. The van der Waals surface area contributed by atoms with Crippen molar-refractivity contribution < 1.29 is 0 Å². The Hall–Kier alpha value is -1.62. The molecule has 0 bridgehead atoms. The Morgan fingerprint density at radius 2 is 1.76 bits per heavy atom. The summed E-state index contributed by atoms with van der Waals surface area (Å²) in [5.41, 5.74) is 3.31. The second-order valence-electron chi connectivity index (χ2n) is 5.49. The fourth-order valence-electron chi connectivity index (χ4n) is 2.07. The molecule has 2 aromatic heterocycles. The molecule has 0 radical (unpaired) electrons. The average molecular weight is 302 g/mol. The fourth-order valence-corrected chi connectivity index (χ4v) is 3.09. The first-order valence-electron chi connectivity index (χ1n) is 7.10. The molecule has 0 aromatic carbocycles. The third kappa shape index (κ3) is 3.73. The van der Waals surface area contributed by atoms with Gasteiger partial charge in [0, 0.05) is 24.2 Å². The molecule has 2 heterocycles. The van der Waals surface area contributed by atoms with Gasteiger partial charge in [-0.2, -0.15) is 0 Å². The predicted octanol–water partition coefficient (Wildman–Crippen LogP) is 4.11. The molecule has 0 aliphatic rings. The number of hydrogen-bond acceptors (Lipinski definition) is 5. The van der Waals surface area contributed by atoms with E-state index >= 15 is 0 Å². The Bertz CT molecular complexity index is 633. The Balaban J connectivity index is 2.45. The molecule has 4 nitrogen and oxygen atoms in total. The summed E-state index contributed by atoms with van der Waals surface area (Å²) in [4.78, 5) is 13.9. The first-order valence-corrected chi connectivity index (χ1v) is 7.91. The molecule has 0 spiro atoms. The quantitative estimate of drug-likeness (QED) is 0.861. The molecule has 0 aliphatic heterocycles. The van der Waals surface area contributed by atoms with Gasteiger partial charge in [0.2, 0.25) is 0 Å². The summed E-state index contributed by atoms with van der Waals surface area (Å²) in [6, 6.07) is 4.17. The molecule has 21 heavy (non-hydrogen) atoms. The van der Waals surface area contributed by atoms with Crippen LogP contribution in [0.5, 0.6) is 0 Å². The normalized spacial score (nSPS) is 11.0. The monoisotopic (exact) mass is 302 g/mol. The number of nitrogens with zero attached hydrogens (tertiary/aromatic N) is 3. The number of rotatable bonds is 4. The van der Waals surface area contributed by atoms with E-state index in [1.165, 1.54) is 5.56 Å². The van der Waals surface area contributed by atoms with Gasteiger partial charge in [0.1, 0.15) is 21.7 Å². The zero-order chi connectivity index (χ0) is 15.6. The Kier molecular flexibility index (Phi) is 4.83. The number of aromatic nitrogens is 3. The van der Waals surface area contributed by atoms with Gasteiger partial charge in [-0.1, -0.05) is 13.8 Å². The minimum Gasteiger partial charge on any atom is -0.373 e. The SMILES string of the molecule is CNc1nc(C(C)C)nc(Sc2cc(C)cc(C)n2)c1C. The van der Waals surface area contributed by atoms with E-state index in [0.29, 0.717) is 5.92 Å². The van der Waals surface area contributed by atoms with Crippen molar-refractivity contribution >= 4 is 17.6 Å². The zero-order valence-corrected chi connectivity index (χ0v) is 14.3. The average Bonchev–Trinajstić information content (AvgIpc) is 2.39. The van der Waals surface area contributed by atoms with Crippen LogP contribution in [0.15, 0.2) is 22.2 Å². The van der Waals surface area contributed by atoms with Crippen LogP contribution >= 0.6 is 11.8 Å². The molecular formula is C16H22N4S. The van der Waals surface area contributed by atoms with Crippen LogP contribution in [0.4, 0.5) is 5.82 Å². The third-order valence-corrected chi connectivity index (χ3v) is 4.16. The van der Waals surface area contributed by atoms with Gasteiger partial charge >= 0.3 is 0 Å². The standard InChI is InChI=1S/C16H22N4S/c1-9(2)14-19-15(17-6)12(5)16(20-14)21-13-8-10(3)7-11(4)18-13/h7-9H,1-6H3,(H,17,19,20). The van der Waals surface area contributed by atoms with Crippen LogP contribution in [-0.4, -0.2) is 22.0 Å². The van der Waals surface area contributed by atoms with Crippen LogP contribution in [0.3, 0.4) is 0 Å². The molecule has 0 unspecified atom stereocenters. The number of nitrogens with one attached hydrogen (secondary N) is 1. The van der Waals surface area contributed by atoms with Gasteiger partial charge in [0.05, 0.1) is 0 Å². The lowest BCUT2D eigenvalue weighted by atomic mass is 10.2. The summed E-state index contributed by atoms with van der Waals surface area (Å²) in [5.74, 6) is 2.04. The molecule has 0 saturated heterocycles. The maximum absolute atomic E-state index is 4.71. The van der Waals surface area contributed by atoms with Crippen LogP contribution in [0, 0.1) is 20.8 Å². The minimum absolute atomic E-state index is 0.296. The van der Waals surface area contributed by atoms with Gasteiger partial charge in [-0.15, -0.1) is 0 Å². The molecule has 0 amide bonds. The summed E-state index contributed by atoms with van der Waals surface area (Å²) in [6.45, 7) is 10.4. The molecule has 2 aromatic rings. The van der Waals surface area contributed by atoms with Gasteiger partial charge in [-0.25, -0.2) is 15.0 Å². The number of hydrogen-bond donors (Lipinski definition) is 1. The lowest BCUT2D eigenvalue weighted by Gasteiger charge is -2.13. The minimum atomic E-state index is 0.296. The van der Waals surface area contributed by atoms with Gasteiger partial charge in [-0.3, -0.25) is 0 Å². The van der Waals surface area contributed by atoms with Crippen molar-refractivity contribution in [2.45, 2.75) is 50.6 Å². The summed E-state index contributed by atoms with van der Waals surface area (Å²) in [7, 11) is 1.89. The van der Waals surface area contributed by atoms with Gasteiger partial charge in [0.15, 0.2) is 0 Å². The predicted molar refractivity (Wildman–Crippen MR) is 88.2 cm³/mol. The van der Waals surface area contributed by atoms with E-state index < -0.39 is 0 Å².